The van der Waals surface area contributed by atoms with E-state index in [0.717, 1.165) is 16.9 Å². The van der Waals surface area contributed by atoms with E-state index in [1.807, 2.05) is 30.3 Å². The van der Waals surface area contributed by atoms with Gasteiger partial charge in [-0.25, -0.2) is 0 Å². The lowest BCUT2D eigenvalue weighted by molar-refractivity contribution is 0.191. The maximum atomic E-state index is 9.19. The van der Waals surface area contributed by atoms with Crippen LogP contribution in [0.4, 0.5) is 0 Å². The molecule has 0 fully saturated rings. The summed E-state index contributed by atoms with van der Waals surface area (Å²) in [5, 5.41) is 13.6. The van der Waals surface area contributed by atoms with E-state index in [0.29, 0.717) is 29.7 Å². The number of benzene rings is 2. The number of aliphatic hydroxyl groups excluding tert-OH is 1. The highest BCUT2D eigenvalue weighted by Crippen LogP contribution is 2.25. The van der Waals surface area contributed by atoms with Crippen LogP contribution in [0.5, 0.6) is 5.75 Å². The van der Waals surface area contributed by atoms with Crippen LogP contribution in [0, 0.1) is 0 Å². The minimum absolute atomic E-state index is 0.331. The molecule has 1 atom stereocenters. The van der Waals surface area contributed by atoms with Gasteiger partial charge in [-0.15, -0.1) is 0 Å². The molecule has 0 aromatic heterocycles. The van der Waals surface area contributed by atoms with E-state index in [4.69, 9.17) is 27.9 Å². The van der Waals surface area contributed by atoms with Crippen molar-refractivity contribution in [3.05, 3.63) is 63.6 Å². The zero-order valence-electron chi connectivity index (χ0n) is 12.4. The monoisotopic (exact) mass is 339 g/mol. The fraction of sp³-hybridized carbons (Fsp3) is 0.294. The third-order valence-corrected chi connectivity index (χ3v) is 3.85. The van der Waals surface area contributed by atoms with Crippen molar-refractivity contribution in [1.29, 1.82) is 0 Å². The average molecular weight is 340 g/mol. The number of nitrogens with one attached hydrogen (secondary N) is 1. The van der Waals surface area contributed by atoms with Gasteiger partial charge >= 0.3 is 0 Å². The van der Waals surface area contributed by atoms with Crippen LogP contribution in [0.3, 0.4) is 0 Å². The predicted molar refractivity (Wildman–Crippen MR) is 90.6 cm³/mol. The maximum absolute atomic E-state index is 9.19. The molecule has 0 heterocycles. The molecule has 0 aliphatic rings. The molecule has 2 rings (SSSR count). The Kier molecular flexibility index (Phi) is 6.52. The summed E-state index contributed by atoms with van der Waals surface area (Å²) in [6.07, 6.45) is -0.344. The second kappa shape index (κ2) is 8.39. The van der Waals surface area contributed by atoms with Gasteiger partial charge in [-0.1, -0.05) is 41.4 Å². The molecule has 2 N–H and O–H groups in total. The first-order valence-electron chi connectivity index (χ1n) is 7.09. The maximum Gasteiger partial charge on any atom is 0.119 e. The Morgan fingerprint density at radius 1 is 1.09 bits per heavy atom. The topological polar surface area (TPSA) is 41.5 Å². The molecule has 0 spiro atoms. The van der Waals surface area contributed by atoms with Gasteiger partial charge in [0.2, 0.25) is 0 Å². The number of hydrogen-bond acceptors (Lipinski definition) is 3. The van der Waals surface area contributed by atoms with Gasteiger partial charge in [-0.3, -0.25) is 0 Å². The van der Waals surface area contributed by atoms with Gasteiger partial charge in [0, 0.05) is 28.7 Å². The summed E-state index contributed by atoms with van der Waals surface area (Å²) in [4.78, 5) is 0. The van der Waals surface area contributed by atoms with Crippen LogP contribution >= 0.6 is 23.2 Å². The summed E-state index contributed by atoms with van der Waals surface area (Å²) >= 11 is 12.2. The molecule has 2 aromatic rings. The molecule has 0 radical (unpaired) electrons. The van der Waals surface area contributed by atoms with E-state index in [-0.39, 0.29) is 6.10 Å². The highest BCUT2D eigenvalue weighted by Gasteiger charge is 2.06. The molecule has 3 nitrogen and oxygen atoms in total. The van der Waals surface area contributed by atoms with Gasteiger partial charge in [0.1, 0.15) is 12.4 Å². The molecule has 5 heteroatoms. The van der Waals surface area contributed by atoms with Crippen molar-refractivity contribution >= 4 is 23.2 Å². The Bertz CT molecular complexity index is 580. The van der Waals surface area contributed by atoms with Crippen molar-refractivity contribution in [2.75, 3.05) is 6.54 Å². The third-order valence-electron chi connectivity index (χ3n) is 3.14. The molecule has 2 aromatic carbocycles. The van der Waals surface area contributed by atoms with Gasteiger partial charge in [0.25, 0.3) is 0 Å². The van der Waals surface area contributed by atoms with Gasteiger partial charge in [-0.05, 0) is 36.8 Å². The summed E-state index contributed by atoms with van der Waals surface area (Å²) < 4.78 is 5.72. The first kappa shape index (κ1) is 17.1. The van der Waals surface area contributed by atoms with E-state index < -0.39 is 0 Å². The molecule has 0 saturated heterocycles. The summed E-state index contributed by atoms with van der Waals surface area (Å²) in [7, 11) is 0. The van der Waals surface area contributed by atoms with Crippen LogP contribution in [0.2, 0.25) is 10.0 Å². The smallest absolute Gasteiger partial charge is 0.119 e. The SMILES string of the molecule is C[C@@H](O)CNCc1ccc(OCc2c(Cl)cccc2Cl)cc1. The predicted octanol–water partition coefficient (Wildman–Crippen LogP) is 4.04. The fourth-order valence-corrected chi connectivity index (χ4v) is 2.46. The third kappa shape index (κ3) is 5.18. The highest BCUT2D eigenvalue weighted by molar-refractivity contribution is 6.35. The molecule has 0 bridgehead atoms. The van der Waals surface area contributed by atoms with Gasteiger partial charge in [0.05, 0.1) is 6.10 Å². The number of halogens is 2. The van der Waals surface area contributed by atoms with Crippen molar-refractivity contribution in [3.63, 3.8) is 0 Å². The van der Waals surface area contributed by atoms with Crippen molar-refractivity contribution in [1.82, 2.24) is 5.32 Å². The van der Waals surface area contributed by atoms with Crippen molar-refractivity contribution in [2.24, 2.45) is 0 Å². The molecule has 0 unspecified atom stereocenters. The Labute approximate surface area is 140 Å². The number of ether oxygens (including phenoxy) is 1. The molecule has 22 heavy (non-hydrogen) atoms. The molecular formula is C17H19Cl2NO2. The standard InChI is InChI=1S/C17H19Cl2NO2/c1-12(21)9-20-10-13-5-7-14(8-6-13)22-11-15-16(18)3-2-4-17(15)19/h2-8,12,20-21H,9-11H2,1H3/t12-/m1/s1. The fourth-order valence-electron chi connectivity index (χ4n) is 1.95. The molecule has 0 amide bonds. The number of aliphatic hydroxyl groups is 1. The zero-order valence-corrected chi connectivity index (χ0v) is 13.9. The van der Waals surface area contributed by atoms with Gasteiger partial charge in [-0.2, -0.15) is 0 Å². The lowest BCUT2D eigenvalue weighted by Crippen LogP contribution is -2.23. The highest BCUT2D eigenvalue weighted by atomic mass is 35.5. The lowest BCUT2D eigenvalue weighted by atomic mass is 10.2. The minimum atomic E-state index is -0.344. The zero-order chi connectivity index (χ0) is 15.9. The van der Waals surface area contributed by atoms with Gasteiger partial charge in [0.15, 0.2) is 0 Å². The second-order valence-electron chi connectivity index (χ2n) is 5.11. The average Bonchev–Trinajstić information content (AvgIpc) is 2.48. The van der Waals surface area contributed by atoms with Crippen molar-refractivity contribution < 1.29 is 9.84 Å². The Morgan fingerprint density at radius 3 is 2.32 bits per heavy atom. The normalized spacial score (nSPS) is 12.2. The van der Waals surface area contributed by atoms with Gasteiger partial charge < -0.3 is 15.2 Å². The van der Waals surface area contributed by atoms with E-state index >= 15 is 0 Å². The quantitative estimate of drug-likeness (QED) is 0.799. The van der Waals surface area contributed by atoms with E-state index in [9.17, 15) is 5.11 Å². The van der Waals surface area contributed by atoms with Crippen LogP contribution < -0.4 is 10.1 Å². The summed E-state index contributed by atoms with van der Waals surface area (Å²) in [5.41, 5.74) is 1.91. The first-order chi connectivity index (χ1) is 10.6. The Hall–Kier alpha value is -1.26. The minimum Gasteiger partial charge on any atom is -0.489 e. The molecule has 118 valence electrons. The van der Waals surface area contributed by atoms with E-state index in [2.05, 4.69) is 5.32 Å². The lowest BCUT2D eigenvalue weighted by Gasteiger charge is -2.11. The molecule has 0 aliphatic heterocycles. The van der Waals surface area contributed by atoms with Crippen LogP contribution in [0.1, 0.15) is 18.1 Å². The van der Waals surface area contributed by atoms with Crippen molar-refractivity contribution in [3.8, 4) is 5.75 Å². The van der Waals surface area contributed by atoms with Crippen LogP contribution in [-0.2, 0) is 13.2 Å². The Morgan fingerprint density at radius 2 is 1.73 bits per heavy atom. The summed E-state index contributed by atoms with van der Waals surface area (Å²) in [6.45, 7) is 3.37. The Balaban J connectivity index is 1.89. The number of hydrogen-bond donors (Lipinski definition) is 2. The molecule has 0 saturated carbocycles. The van der Waals surface area contributed by atoms with Crippen LogP contribution in [0.25, 0.3) is 0 Å². The molecule has 0 aliphatic carbocycles. The van der Waals surface area contributed by atoms with E-state index in [1.54, 1.807) is 19.1 Å². The number of rotatable bonds is 7. The van der Waals surface area contributed by atoms with E-state index in [1.165, 1.54) is 0 Å². The largest absolute Gasteiger partial charge is 0.489 e. The molecular weight excluding hydrogens is 321 g/mol. The van der Waals surface area contributed by atoms with Crippen molar-refractivity contribution in [2.45, 2.75) is 26.2 Å². The summed E-state index contributed by atoms with van der Waals surface area (Å²) in [6, 6.07) is 13.2. The second-order valence-corrected chi connectivity index (χ2v) is 5.93. The van der Waals surface area contributed by atoms with Crippen LogP contribution in [-0.4, -0.2) is 17.8 Å². The summed E-state index contributed by atoms with van der Waals surface area (Å²) in [5.74, 6) is 0.760. The first-order valence-corrected chi connectivity index (χ1v) is 7.85. The van der Waals surface area contributed by atoms with Crippen LogP contribution in [0.15, 0.2) is 42.5 Å².